The lowest BCUT2D eigenvalue weighted by Crippen LogP contribution is -2.35. The molecule has 1 N–H and O–H groups in total. The van der Waals surface area contributed by atoms with Crippen molar-refractivity contribution in [2.24, 2.45) is 0 Å². The van der Waals surface area contributed by atoms with Gasteiger partial charge in [0.2, 0.25) is 0 Å². The number of fused-ring (bicyclic) bond motifs is 1. The van der Waals surface area contributed by atoms with E-state index in [1.165, 1.54) is 11.9 Å². The smallest absolute Gasteiger partial charge is 0.258 e. The first-order valence-corrected chi connectivity index (χ1v) is 8.80. The predicted molar refractivity (Wildman–Crippen MR) is 102 cm³/mol. The van der Waals surface area contributed by atoms with E-state index in [1.807, 2.05) is 53.4 Å². The van der Waals surface area contributed by atoms with Crippen molar-refractivity contribution in [1.82, 2.24) is 9.97 Å². The van der Waals surface area contributed by atoms with E-state index in [4.69, 9.17) is 0 Å². The fourth-order valence-corrected chi connectivity index (χ4v) is 3.30. The van der Waals surface area contributed by atoms with Gasteiger partial charge in [0.1, 0.15) is 12.1 Å². The lowest BCUT2D eigenvalue weighted by atomic mass is 10.0. The molecule has 0 radical (unpaired) electrons. The summed E-state index contributed by atoms with van der Waals surface area (Å²) in [6, 6.07) is 17.8. The molecule has 0 aliphatic carbocycles. The second-order valence-electron chi connectivity index (χ2n) is 6.34. The monoisotopic (exact) mass is 344 g/mol. The zero-order valence-electron chi connectivity index (χ0n) is 14.4. The Morgan fingerprint density at radius 3 is 2.92 bits per heavy atom. The number of rotatable bonds is 4. The maximum atomic E-state index is 13.1. The highest BCUT2D eigenvalue weighted by atomic mass is 16.2. The minimum atomic E-state index is 0.0565. The molecule has 1 amide bonds. The summed E-state index contributed by atoms with van der Waals surface area (Å²) in [5.74, 6) is 0.822. The summed E-state index contributed by atoms with van der Waals surface area (Å²) in [4.78, 5) is 23.0. The zero-order valence-corrected chi connectivity index (χ0v) is 14.4. The highest BCUT2D eigenvalue weighted by molar-refractivity contribution is 6.06. The molecule has 4 rings (SSSR count). The topological polar surface area (TPSA) is 58.1 Å². The van der Waals surface area contributed by atoms with Crippen molar-refractivity contribution < 1.29 is 4.79 Å². The molecule has 1 aromatic heterocycles. The average Bonchev–Trinajstić information content (AvgIpc) is 2.72. The molecule has 5 nitrogen and oxygen atoms in total. The molecule has 2 aromatic carbocycles. The summed E-state index contributed by atoms with van der Waals surface area (Å²) in [5, 5.41) is 3.25. The second kappa shape index (κ2) is 7.35. The largest absolute Gasteiger partial charge is 0.366 e. The third kappa shape index (κ3) is 3.42. The molecule has 0 bridgehead atoms. The van der Waals surface area contributed by atoms with Crippen LogP contribution in [0.2, 0.25) is 0 Å². The van der Waals surface area contributed by atoms with Crippen LogP contribution in [-0.4, -0.2) is 22.4 Å². The number of anilines is 2. The van der Waals surface area contributed by atoms with Crippen LogP contribution in [0.1, 0.15) is 27.9 Å². The highest BCUT2D eigenvalue weighted by Crippen LogP contribution is 2.28. The third-order valence-electron chi connectivity index (χ3n) is 4.58. The van der Waals surface area contributed by atoms with Crippen molar-refractivity contribution in [1.29, 1.82) is 0 Å². The molecule has 5 heteroatoms. The Morgan fingerprint density at radius 2 is 2.04 bits per heavy atom. The van der Waals surface area contributed by atoms with Gasteiger partial charge in [-0.3, -0.25) is 4.79 Å². The number of aromatic nitrogens is 2. The Balaban J connectivity index is 1.52. The predicted octanol–water partition coefficient (Wildman–Crippen LogP) is 3.68. The lowest BCUT2D eigenvalue weighted by Gasteiger charge is -2.29. The van der Waals surface area contributed by atoms with E-state index in [-0.39, 0.29) is 5.91 Å². The van der Waals surface area contributed by atoms with Gasteiger partial charge in [-0.1, -0.05) is 30.3 Å². The van der Waals surface area contributed by atoms with Crippen LogP contribution < -0.4 is 10.2 Å². The van der Waals surface area contributed by atoms with Crippen molar-refractivity contribution in [3.8, 4) is 0 Å². The van der Waals surface area contributed by atoms with Gasteiger partial charge in [-0.15, -0.1) is 0 Å². The van der Waals surface area contributed by atoms with Gasteiger partial charge in [-0.05, 0) is 48.2 Å². The van der Waals surface area contributed by atoms with E-state index in [0.717, 1.165) is 36.5 Å². The van der Waals surface area contributed by atoms with Crippen molar-refractivity contribution in [3.05, 3.63) is 83.8 Å². The van der Waals surface area contributed by atoms with E-state index in [9.17, 15) is 4.79 Å². The Kier molecular flexibility index (Phi) is 4.60. The minimum Gasteiger partial charge on any atom is -0.366 e. The van der Waals surface area contributed by atoms with Crippen LogP contribution in [0.3, 0.4) is 0 Å². The number of hydrogen-bond acceptors (Lipinski definition) is 4. The number of para-hydroxylation sites is 1. The Hall–Kier alpha value is -3.21. The first-order valence-electron chi connectivity index (χ1n) is 8.80. The Labute approximate surface area is 152 Å². The zero-order chi connectivity index (χ0) is 17.8. The van der Waals surface area contributed by atoms with Gasteiger partial charge in [-0.25, -0.2) is 9.97 Å². The van der Waals surface area contributed by atoms with Crippen LogP contribution >= 0.6 is 0 Å². The number of aryl methyl sites for hydroxylation is 1. The molecule has 0 spiro atoms. The SMILES string of the molecule is O=C(c1cccc(CNc2ccncn2)c1)N1CCCc2ccccc21. The maximum absolute atomic E-state index is 13.1. The summed E-state index contributed by atoms with van der Waals surface area (Å²) < 4.78 is 0. The summed E-state index contributed by atoms with van der Waals surface area (Å²) in [5.41, 5.74) is 4.03. The molecule has 1 aliphatic rings. The summed E-state index contributed by atoms with van der Waals surface area (Å²) in [6.45, 7) is 1.37. The number of carbonyl (C=O) groups excluding carboxylic acids is 1. The van der Waals surface area contributed by atoms with Gasteiger partial charge in [0, 0.05) is 30.5 Å². The summed E-state index contributed by atoms with van der Waals surface area (Å²) >= 11 is 0. The number of amides is 1. The van der Waals surface area contributed by atoms with Gasteiger partial charge in [0.25, 0.3) is 5.91 Å². The van der Waals surface area contributed by atoms with Crippen LogP contribution in [0.5, 0.6) is 0 Å². The Bertz CT molecular complexity index is 911. The van der Waals surface area contributed by atoms with Crippen LogP contribution in [0.4, 0.5) is 11.5 Å². The van der Waals surface area contributed by atoms with Gasteiger partial charge >= 0.3 is 0 Å². The maximum Gasteiger partial charge on any atom is 0.258 e. The molecule has 26 heavy (non-hydrogen) atoms. The molecule has 1 aliphatic heterocycles. The van der Waals surface area contributed by atoms with Gasteiger partial charge in [0.05, 0.1) is 0 Å². The van der Waals surface area contributed by atoms with Crippen molar-refractivity contribution in [2.45, 2.75) is 19.4 Å². The first-order chi connectivity index (χ1) is 12.8. The van der Waals surface area contributed by atoms with Crippen LogP contribution in [0.15, 0.2) is 67.1 Å². The van der Waals surface area contributed by atoms with Gasteiger partial charge < -0.3 is 10.2 Å². The molecule has 2 heterocycles. The van der Waals surface area contributed by atoms with E-state index in [0.29, 0.717) is 12.1 Å². The van der Waals surface area contributed by atoms with Crippen molar-refractivity contribution >= 4 is 17.4 Å². The van der Waals surface area contributed by atoms with Crippen LogP contribution in [-0.2, 0) is 13.0 Å². The van der Waals surface area contributed by atoms with Crippen LogP contribution in [0, 0.1) is 0 Å². The molecular weight excluding hydrogens is 324 g/mol. The summed E-state index contributed by atoms with van der Waals surface area (Å²) in [6.07, 6.45) is 5.24. The van der Waals surface area contributed by atoms with E-state index in [2.05, 4.69) is 21.4 Å². The Morgan fingerprint density at radius 1 is 1.12 bits per heavy atom. The molecule has 130 valence electrons. The number of nitrogens with zero attached hydrogens (tertiary/aromatic N) is 3. The number of benzene rings is 2. The number of carbonyl (C=O) groups is 1. The summed E-state index contributed by atoms with van der Waals surface area (Å²) in [7, 11) is 0. The van der Waals surface area contributed by atoms with Crippen molar-refractivity contribution in [3.63, 3.8) is 0 Å². The van der Waals surface area contributed by atoms with E-state index >= 15 is 0 Å². The quantitative estimate of drug-likeness (QED) is 0.784. The van der Waals surface area contributed by atoms with Gasteiger partial charge in [-0.2, -0.15) is 0 Å². The standard InChI is InChI=1S/C21H20N4O/c26-21(25-12-4-8-17-6-1-2-9-19(17)25)18-7-3-5-16(13-18)14-23-20-10-11-22-15-24-20/h1-3,5-7,9-11,13,15H,4,8,12,14H2,(H,22,23,24). The molecule has 3 aromatic rings. The average molecular weight is 344 g/mol. The fraction of sp³-hybridized carbons (Fsp3) is 0.190. The molecular formula is C21H20N4O. The molecule has 0 unspecified atom stereocenters. The fourth-order valence-electron chi connectivity index (χ4n) is 3.30. The third-order valence-corrected chi connectivity index (χ3v) is 4.58. The van der Waals surface area contributed by atoms with Crippen molar-refractivity contribution in [2.75, 3.05) is 16.8 Å². The van der Waals surface area contributed by atoms with Gasteiger partial charge in [0.15, 0.2) is 0 Å². The normalized spacial score (nSPS) is 13.2. The van der Waals surface area contributed by atoms with E-state index in [1.54, 1.807) is 6.20 Å². The highest BCUT2D eigenvalue weighted by Gasteiger charge is 2.23. The number of hydrogen-bond donors (Lipinski definition) is 1. The minimum absolute atomic E-state index is 0.0565. The second-order valence-corrected chi connectivity index (χ2v) is 6.34. The lowest BCUT2D eigenvalue weighted by molar-refractivity contribution is 0.0985. The first kappa shape index (κ1) is 16.3. The van der Waals surface area contributed by atoms with Crippen LogP contribution in [0.25, 0.3) is 0 Å². The molecule has 0 atom stereocenters. The molecule has 0 fully saturated rings. The number of nitrogens with one attached hydrogen (secondary N) is 1. The molecule has 0 saturated heterocycles. The molecule has 0 saturated carbocycles. The van der Waals surface area contributed by atoms with E-state index < -0.39 is 0 Å².